The Kier molecular flexibility index (Phi) is 8.28. The van der Waals surface area contributed by atoms with Crippen LogP contribution < -0.4 is 9.64 Å². The maximum atomic E-state index is 13.4. The summed E-state index contributed by atoms with van der Waals surface area (Å²) in [6, 6.07) is 19.0. The average Bonchev–Trinajstić information content (AvgIpc) is 3.17. The number of benzene rings is 3. The number of amides is 1. The molecule has 0 spiro atoms. The van der Waals surface area contributed by atoms with Crippen LogP contribution in [0.25, 0.3) is 0 Å². The molecule has 3 aromatic rings. The number of rotatable bonds is 10. The Morgan fingerprint density at radius 1 is 0.919 bits per heavy atom. The maximum Gasteiger partial charge on any atom is 0.416 e. The normalized spacial score (nSPS) is 14.5. The molecule has 1 amide bonds. The summed E-state index contributed by atoms with van der Waals surface area (Å²) in [5, 5.41) is 0. The molecule has 0 bridgehead atoms. The average molecular weight is 510 g/mol. The van der Waals surface area contributed by atoms with Crippen molar-refractivity contribution in [3.8, 4) is 5.75 Å². The molecule has 5 nitrogen and oxygen atoms in total. The Labute approximate surface area is 215 Å². The van der Waals surface area contributed by atoms with E-state index in [9.17, 15) is 18.0 Å². The first-order valence-electron chi connectivity index (χ1n) is 12.5. The summed E-state index contributed by atoms with van der Waals surface area (Å²) in [5.74, 6) is 0.313. The quantitative estimate of drug-likeness (QED) is 0.276. The zero-order valence-corrected chi connectivity index (χ0v) is 21.0. The topological polar surface area (TPSA) is 45.1 Å². The number of hydrogen-bond acceptors (Lipinski definition) is 4. The highest BCUT2D eigenvalue weighted by molar-refractivity contribution is 6.56. The van der Waals surface area contributed by atoms with E-state index in [0.717, 1.165) is 44.6 Å². The van der Waals surface area contributed by atoms with Crippen LogP contribution in [0.15, 0.2) is 77.8 Å². The lowest BCUT2D eigenvalue weighted by atomic mass is 10.1. The second kappa shape index (κ2) is 11.6. The number of ether oxygens (including phenoxy) is 1. The first kappa shape index (κ1) is 26.4. The molecular weight excluding hydrogens is 479 g/mol. The first-order valence-corrected chi connectivity index (χ1v) is 12.5. The molecule has 0 fully saturated rings. The summed E-state index contributed by atoms with van der Waals surface area (Å²) < 4.78 is 45.3. The fourth-order valence-electron chi connectivity index (χ4n) is 4.30. The second-order valence-corrected chi connectivity index (χ2v) is 8.74. The second-order valence-electron chi connectivity index (χ2n) is 8.74. The van der Waals surface area contributed by atoms with Crippen LogP contribution in [0.1, 0.15) is 37.8 Å². The van der Waals surface area contributed by atoms with E-state index in [1.807, 2.05) is 18.2 Å². The molecule has 3 aromatic carbocycles. The van der Waals surface area contributed by atoms with Gasteiger partial charge in [0.25, 0.3) is 5.91 Å². The fourth-order valence-corrected chi connectivity index (χ4v) is 4.30. The summed E-state index contributed by atoms with van der Waals surface area (Å²) >= 11 is 0. The number of aliphatic imine (C=N–C) groups is 1. The number of alkyl halides is 3. The fraction of sp³-hybridized carbons (Fsp3) is 0.310. The highest BCUT2D eigenvalue weighted by atomic mass is 19.4. The molecule has 4 rings (SSSR count). The van der Waals surface area contributed by atoms with Crippen LogP contribution >= 0.6 is 0 Å². The summed E-state index contributed by atoms with van der Waals surface area (Å²) in [4.78, 5) is 21.7. The number of anilines is 2. The Morgan fingerprint density at radius 3 is 2.35 bits per heavy atom. The minimum atomic E-state index is -4.49. The minimum Gasteiger partial charge on any atom is -0.494 e. The Balaban J connectivity index is 1.49. The molecule has 194 valence electrons. The number of fused-ring (bicyclic) bond motifs is 1. The highest BCUT2D eigenvalue weighted by Crippen LogP contribution is 2.38. The number of carbonyl (C=O) groups excluding carboxylic acids is 1. The van der Waals surface area contributed by atoms with Gasteiger partial charge in [0.1, 0.15) is 11.5 Å². The summed E-state index contributed by atoms with van der Waals surface area (Å²) in [6.45, 7) is 8.07. The zero-order valence-electron chi connectivity index (χ0n) is 21.0. The van der Waals surface area contributed by atoms with E-state index in [2.05, 4.69) is 23.7 Å². The molecule has 8 heteroatoms. The number of para-hydroxylation sites is 1. The maximum absolute atomic E-state index is 13.4. The van der Waals surface area contributed by atoms with Crippen LogP contribution in [0.4, 0.5) is 30.2 Å². The van der Waals surface area contributed by atoms with E-state index in [4.69, 9.17) is 4.74 Å². The monoisotopic (exact) mass is 509 g/mol. The number of hydrogen-bond donors (Lipinski definition) is 0. The van der Waals surface area contributed by atoms with E-state index in [-0.39, 0.29) is 11.4 Å². The predicted octanol–water partition coefficient (Wildman–Crippen LogP) is 7.01. The molecule has 0 unspecified atom stereocenters. The highest BCUT2D eigenvalue weighted by Gasteiger charge is 2.35. The van der Waals surface area contributed by atoms with E-state index in [0.29, 0.717) is 29.3 Å². The van der Waals surface area contributed by atoms with E-state index in [1.54, 1.807) is 30.3 Å². The van der Waals surface area contributed by atoms with Crippen molar-refractivity contribution in [3.63, 3.8) is 0 Å². The molecule has 0 aromatic heterocycles. The van der Waals surface area contributed by atoms with Crippen molar-refractivity contribution in [1.29, 1.82) is 0 Å². The van der Waals surface area contributed by atoms with Crippen LogP contribution in [0, 0.1) is 0 Å². The van der Waals surface area contributed by atoms with E-state index >= 15 is 0 Å². The summed E-state index contributed by atoms with van der Waals surface area (Å²) in [5.41, 5.74) is 1.18. The lowest BCUT2D eigenvalue weighted by molar-refractivity contribution is -0.137. The molecule has 0 aliphatic carbocycles. The number of nitrogens with zero attached hydrogens (tertiary/aromatic N) is 3. The Hall–Kier alpha value is -3.65. The van der Waals surface area contributed by atoms with Crippen LogP contribution in [0.3, 0.4) is 0 Å². The Bertz CT molecular complexity index is 1250. The van der Waals surface area contributed by atoms with Gasteiger partial charge in [-0.15, -0.1) is 0 Å². The molecular formula is C29H30F3N3O2. The van der Waals surface area contributed by atoms with Gasteiger partial charge in [-0.2, -0.15) is 13.2 Å². The van der Waals surface area contributed by atoms with Gasteiger partial charge in [0.15, 0.2) is 0 Å². The van der Waals surface area contributed by atoms with Crippen LogP contribution in [-0.4, -0.2) is 42.8 Å². The molecule has 0 saturated carbocycles. The van der Waals surface area contributed by atoms with Crippen molar-refractivity contribution < 1.29 is 22.7 Å². The lowest BCUT2D eigenvalue weighted by Crippen LogP contribution is -2.25. The number of unbranched alkanes of at least 4 members (excludes halogenated alkanes) is 1. The van der Waals surface area contributed by atoms with Gasteiger partial charge in [-0.25, -0.2) is 4.99 Å². The smallest absolute Gasteiger partial charge is 0.416 e. The van der Waals surface area contributed by atoms with Gasteiger partial charge in [0, 0.05) is 11.3 Å². The first-order chi connectivity index (χ1) is 17.8. The molecule has 1 aliphatic heterocycles. The number of carbonyl (C=O) groups is 1. The summed E-state index contributed by atoms with van der Waals surface area (Å²) in [6.07, 6.45) is -2.48. The zero-order chi connectivity index (χ0) is 26.4. The third-order valence-corrected chi connectivity index (χ3v) is 6.35. The van der Waals surface area contributed by atoms with Gasteiger partial charge in [0.2, 0.25) is 0 Å². The molecule has 37 heavy (non-hydrogen) atoms. The van der Waals surface area contributed by atoms with E-state index < -0.39 is 17.6 Å². The van der Waals surface area contributed by atoms with Crippen molar-refractivity contribution in [2.24, 2.45) is 4.99 Å². The molecule has 1 aliphatic rings. The summed E-state index contributed by atoms with van der Waals surface area (Å²) in [7, 11) is 0. The molecule has 0 radical (unpaired) electrons. The lowest BCUT2D eigenvalue weighted by Gasteiger charge is -2.18. The van der Waals surface area contributed by atoms with Crippen molar-refractivity contribution in [1.82, 2.24) is 4.90 Å². The number of halogens is 3. The molecule has 1 heterocycles. The minimum absolute atomic E-state index is 0.0690. The van der Waals surface area contributed by atoms with E-state index in [1.165, 1.54) is 17.0 Å². The molecule has 0 atom stereocenters. The van der Waals surface area contributed by atoms with Crippen molar-refractivity contribution in [2.75, 3.05) is 31.1 Å². The van der Waals surface area contributed by atoms with Crippen molar-refractivity contribution in [3.05, 3.63) is 83.9 Å². The SMILES string of the molecule is CCN(CC)CCCCOc1ccc(N2C(=O)C(=Nc3cccc(C(F)(F)F)c3)c3ccccc32)cc1. The van der Waals surface area contributed by atoms with Gasteiger partial charge >= 0.3 is 6.18 Å². The van der Waals surface area contributed by atoms with Gasteiger partial charge in [0.05, 0.1) is 23.5 Å². The van der Waals surface area contributed by atoms with Gasteiger partial charge in [-0.3, -0.25) is 9.69 Å². The van der Waals surface area contributed by atoms with Gasteiger partial charge in [-0.05, 0) is 81.0 Å². The van der Waals surface area contributed by atoms with Crippen LogP contribution in [-0.2, 0) is 11.0 Å². The third-order valence-electron chi connectivity index (χ3n) is 6.35. The van der Waals surface area contributed by atoms with Gasteiger partial charge < -0.3 is 9.64 Å². The van der Waals surface area contributed by atoms with Crippen LogP contribution in [0.5, 0.6) is 5.75 Å². The van der Waals surface area contributed by atoms with Crippen LogP contribution in [0.2, 0.25) is 0 Å². The Morgan fingerprint density at radius 2 is 1.65 bits per heavy atom. The largest absolute Gasteiger partial charge is 0.494 e. The van der Waals surface area contributed by atoms with Crippen molar-refractivity contribution >= 4 is 28.7 Å². The molecule has 0 N–H and O–H groups in total. The molecule has 0 saturated heterocycles. The third kappa shape index (κ3) is 6.20. The predicted molar refractivity (Wildman–Crippen MR) is 140 cm³/mol. The van der Waals surface area contributed by atoms with Crippen molar-refractivity contribution in [2.45, 2.75) is 32.9 Å². The van der Waals surface area contributed by atoms with Gasteiger partial charge in [-0.1, -0.05) is 38.1 Å². The standard InChI is InChI=1S/C29H30F3N3O2/c1-3-34(4-2)18-7-8-19-37-24-16-14-23(15-17-24)35-26-13-6-5-12-25(26)27(28(35)36)33-22-11-9-10-21(20-22)29(30,31)32/h5-6,9-17,20H,3-4,7-8,18-19H2,1-2H3.